The zero-order valence-corrected chi connectivity index (χ0v) is 12.6. The fourth-order valence-corrected chi connectivity index (χ4v) is 2.06. The van der Waals surface area contributed by atoms with Crippen LogP contribution in [0.5, 0.6) is 0 Å². The van der Waals surface area contributed by atoms with Gasteiger partial charge in [-0.3, -0.25) is 4.79 Å². The fourth-order valence-electron chi connectivity index (χ4n) is 1.89. The molecule has 2 aromatic carbocycles. The Morgan fingerprint density at radius 3 is 2.45 bits per heavy atom. The third-order valence-electron chi connectivity index (χ3n) is 3.00. The van der Waals surface area contributed by atoms with Crippen LogP contribution in [0.2, 0.25) is 5.02 Å². The molecule has 4 nitrogen and oxygen atoms in total. The van der Waals surface area contributed by atoms with Crippen molar-refractivity contribution < 1.29 is 14.7 Å². The van der Waals surface area contributed by atoms with Gasteiger partial charge in [-0.2, -0.15) is 0 Å². The van der Waals surface area contributed by atoms with E-state index in [1.165, 1.54) is 18.2 Å². The van der Waals surface area contributed by atoms with Gasteiger partial charge >= 0.3 is 5.97 Å². The molecule has 0 atom stereocenters. The number of halogens is 1. The molecule has 2 aromatic rings. The van der Waals surface area contributed by atoms with Crippen molar-refractivity contribution in [3.63, 3.8) is 0 Å². The highest BCUT2D eigenvalue weighted by Gasteiger charge is 2.14. The molecule has 0 saturated carbocycles. The lowest BCUT2D eigenvalue weighted by atomic mass is 10.1. The van der Waals surface area contributed by atoms with Crippen LogP contribution in [-0.2, 0) is 4.79 Å². The molecule has 0 fully saturated rings. The predicted molar refractivity (Wildman–Crippen MR) is 87.1 cm³/mol. The van der Waals surface area contributed by atoms with Gasteiger partial charge in [-0.25, -0.2) is 4.79 Å². The molecule has 2 N–H and O–H groups in total. The van der Waals surface area contributed by atoms with Crippen molar-refractivity contribution in [3.05, 3.63) is 70.3 Å². The summed E-state index contributed by atoms with van der Waals surface area (Å²) in [6, 6.07) is 13.7. The molecule has 112 valence electrons. The maximum absolute atomic E-state index is 12.2. The number of hydrogen-bond acceptors (Lipinski definition) is 2. The molecule has 1 amide bonds. The normalized spacial score (nSPS) is 11.1. The van der Waals surface area contributed by atoms with Gasteiger partial charge in [0.25, 0.3) is 5.91 Å². The summed E-state index contributed by atoms with van der Waals surface area (Å²) in [6.07, 6.45) is 1.73. The summed E-state index contributed by atoms with van der Waals surface area (Å²) in [5.41, 5.74) is 1.53. The zero-order chi connectivity index (χ0) is 16.1. The van der Waals surface area contributed by atoms with Crippen LogP contribution in [-0.4, -0.2) is 17.0 Å². The second kappa shape index (κ2) is 6.91. The van der Waals surface area contributed by atoms with E-state index in [9.17, 15) is 9.59 Å². The van der Waals surface area contributed by atoms with Crippen LogP contribution in [0.15, 0.2) is 54.1 Å². The molecule has 0 bridgehead atoms. The number of aromatic carboxylic acids is 1. The van der Waals surface area contributed by atoms with E-state index in [0.29, 0.717) is 10.6 Å². The molecule has 0 aromatic heterocycles. The number of rotatable bonds is 4. The molecular weight excluding hydrogens is 302 g/mol. The summed E-state index contributed by atoms with van der Waals surface area (Å²) >= 11 is 5.78. The van der Waals surface area contributed by atoms with Crippen molar-refractivity contribution in [3.8, 4) is 0 Å². The second-order valence-electron chi connectivity index (χ2n) is 4.69. The third kappa shape index (κ3) is 3.96. The number of amides is 1. The number of carboxylic acid groups (broad SMARTS) is 1. The van der Waals surface area contributed by atoms with E-state index >= 15 is 0 Å². The van der Waals surface area contributed by atoms with Crippen LogP contribution in [0, 0.1) is 0 Å². The van der Waals surface area contributed by atoms with Crippen molar-refractivity contribution in [2.24, 2.45) is 0 Å². The Hall–Kier alpha value is -2.59. The van der Waals surface area contributed by atoms with Crippen LogP contribution in [0.25, 0.3) is 6.08 Å². The Morgan fingerprint density at radius 2 is 1.82 bits per heavy atom. The highest BCUT2D eigenvalue weighted by atomic mass is 35.5. The average molecular weight is 316 g/mol. The van der Waals surface area contributed by atoms with Gasteiger partial charge in [0.2, 0.25) is 0 Å². The molecule has 5 heteroatoms. The summed E-state index contributed by atoms with van der Waals surface area (Å²) in [7, 11) is 0. The monoisotopic (exact) mass is 315 g/mol. The van der Waals surface area contributed by atoms with Gasteiger partial charge in [0.1, 0.15) is 0 Å². The average Bonchev–Trinajstić information content (AvgIpc) is 2.49. The first kappa shape index (κ1) is 15.8. The SMILES string of the molecule is C/C(=C\c1ccccc1)C(=O)Nc1ccc(Cl)cc1C(=O)O. The molecule has 0 aliphatic heterocycles. The van der Waals surface area contributed by atoms with Crippen molar-refractivity contribution >= 4 is 35.2 Å². The van der Waals surface area contributed by atoms with E-state index in [2.05, 4.69) is 5.32 Å². The topological polar surface area (TPSA) is 66.4 Å². The summed E-state index contributed by atoms with van der Waals surface area (Å²) in [6.45, 7) is 1.67. The number of benzene rings is 2. The van der Waals surface area contributed by atoms with Gasteiger partial charge in [0, 0.05) is 10.6 Å². The van der Waals surface area contributed by atoms with Crippen LogP contribution >= 0.6 is 11.6 Å². The lowest BCUT2D eigenvalue weighted by molar-refractivity contribution is -0.112. The maximum Gasteiger partial charge on any atom is 0.337 e. The number of nitrogens with one attached hydrogen (secondary N) is 1. The number of anilines is 1. The lowest BCUT2D eigenvalue weighted by Gasteiger charge is -2.09. The Labute approximate surface area is 133 Å². The predicted octanol–water partition coefficient (Wildman–Crippen LogP) is 4.08. The minimum Gasteiger partial charge on any atom is -0.478 e. The van der Waals surface area contributed by atoms with Crippen LogP contribution in [0.3, 0.4) is 0 Å². The highest BCUT2D eigenvalue weighted by Crippen LogP contribution is 2.21. The Kier molecular flexibility index (Phi) is 4.96. The highest BCUT2D eigenvalue weighted by molar-refractivity contribution is 6.31. The van der Waals surface area contributed by atoms with Gasteiger partial charge in [0.15, 0.2) is 0 Å². The third-order valence-corrected chi connectivity index (χ3v) is 3.24. The van der Waals surface area contributed by atoms with Gasteiger partial charge < -0.3 is 10.4 Å². The van der Waals surface area contributed by atoms with Crippen LogP contribution < -0.4 is 5.32 Å². The van der Waals surface area contributed by atoms with Crippen LogP contribution in [0.1, 0.15) is 22.8 Å². The Bertz CT molecular complexity index is 739. The standard InChI is InChI=1S/C17H14ClNO3/c1-11(9-12-5-3-2-4-6-12)16(20)19-15-8-7-13(18)10-14(15)17(21)22/h2-10H,1H3,(H,19,20)(H,21,22)/b11-9+. The molecular formula is C17H14ClNO3. The molecule has 0 unspecified atom stereocenters. The molecule has 0 saturated heterocycles. The minimum atomic E-state index is -1.15. The lowest BCUT2D eigenvalue weighted by Crippen LogP contribution is -2.15. The van der Waals surface area contributed by atoms with E-state index in [1.807, 2.05) is 30.3 Å². The molecule has 2 rings (SSSR count). The summed E-state index contributed by atoms with van der Waals surface area (Å²) in [5.74, 6) is -1.52. The molecule has 0 radical (unpaired) electrons. The smallest absolute Gasteiger partial charge is 0.337 e. The minimum absolute atomic E-state index is 0.0478. The number of carbonyl (C=O) groups is 2. The quantitative estimate of drug-likeness (QED) is 0.835. The number of hydrogen-bond donors (Lipinski definition) is 2. The molecule has 0 aliphatic rings. The Morgan fingerprint density at radius 1 is 1.14 bits per heavy atom. The van der Waals surface area contributed by atoms with Gasteiger partial charge in [-0.15, -0.1) is 0 Å². The van der Waals surface area contributed by atoms with E-state index in [4.69, 9.17) is 16.7 Å². The molecule has 0 spiro atoms. The molecule has 0 aliphatic carbocycles. The van der Waals surface area contributed by atoms with Crippen molar-refractivity contribution in [2.45, 2.75) is 6.92 Å². The van der Waals surface area contributed by atoms with E-state index in [0.717, 1.165) is 5.56 Å². The maximum atomic E-state index is 12.2. The number of carbonyl (C=O) groups excluding carboxylic acids is 1. The van der Waals surface area contributed by atoms with Crippen molar-refractivity contribution in [2.75, 3.05) is 5.32 Å². The first-order chi connectivity index (χ1) is 10.5. The largest absolute Gasteiger partial charge is 0.478 e. The summed E-state index contributed by atoms with van der Waals surface area (Å²) in [5, 5.41) is 12.0. The summed E-state index contributed by atoms with van der Waals surface area (Å²) in [4.78, 5) is 23.4. The van der Waals surface area contributed by atoms with Gasteiger partial charge in [-0.05, 0) is 36.8 Å². The molecule has 0 heterocycles. The second-order valence-corrected chi connectivity index (χ2v) is 5.12. The first-order valence-corrected chi connectivity index (χ1v) is 6.92. The first-order valence-electron chi connectivity index (χ1n) is 6.55. The molecule has 22 heavy (non-hydrogen) atoms. The van der Waals surface area contributed by atoms with Crippen LogP contribution in [0.4, 0.5) is 5.69 Å². The van der Waals surface area contributed by atoms with Crippen molar-refractivity contribution in [1.29, 1.82) is 0 Å². The summed E-state index contributed by atoms with van der Waals surface area (Å²) < 4.78 is 0. The van der Waals surface area contributed by atoms with E-state index < -0.39 is 5.97 Å². The number of carboxylic acids is 1. The van der Waals surface area contributed by atoms with Gasteiger partial charge in [0.05, 0.1) is 11.3 Å². The Balaban J connectivity index is 2.22. The fraction of sp³-hybridized carbons (Fsp3) is 0.0588. The van der Waals surface area contributed by atoms with Crippen molar-refractivity contribution in [1.82, 2.24) is 0 Å². The van der Waals surface area contributed by atoms with E-state index in [-0.39, 0.29) is 17.2 Å². The van der Waals surface area contributed by atoms with Gasteiger partial charge in [-0.1, -0.05) is 41.9 Å². The van der Waals surface area contributed by atoms with E-state index in [1.54, 1.807) is 13.0 Å². The zero-order valence-electron chi connectivity index (χ0n) is 11.8.